The number of benzene rings is 3. The number of rotatable bonds is 7. The lowest BCUT2D eigenvalue weighted by molar-refractivity contribution is 0.103. The summed E-state index contributed by atoms with van der Waals surface area (Å²) in [6.07, 6.45) is 3.79. The van der Waals surface area contributed by atoms with E-state index in [-0.39, 0.29) is 5.78 Å². The zero-order valence-corrected chi connectivity index (χ0v) is 18.2. The van der Waals surface area contributed by atoms with Crippen molar-refractivity contribution in [1.29, 1.82) is 0 Å². The largest absolute Gasteiger partial charge is 0.493 e. The highest BCUT2D eigenvalue weighted by atomic mass is 16.5. The second-order valence-corrected chi connectivity index (χ2v) is 7.19. The molecule has 0 bridgehead atoms. The third-order valence-corrected chi connectivity index (χ3v) is 5.27. The van der Waals surface area contributed by atoms with Crippen LogP contribution in [0.4, 0.5) is 5.69 Å². The zero-order chi connectivity index (χ0) is 22.7. The first kappa shape index (κ1) is 21.1. The van der Waals surface area contributed by atoms with Crippen molar-refractivity contribution in [3.05, 3.63) is 90.3 Å². The lowest BCUT2D eigenvalue weighted by Crippen LogP contribution is -2.04. The van der Waals surface area contributed by atoms with Crippen molar-refractivity contribution < 1.29 is 19.0 Å². The summed E-state index contributed by atoms with van der Waals surface area (Å²) in [5.41, 5.74) is 10.2. The molecule has 0 amide bonds. The Morgan fingerprint density at radius 2 is 1.44 bits per heavy atom. The molecule has 0 saturated carbocycles. The highest BCUT2D eigenvalue weighted by Crippen LogP contribution is 2.39. The molecule has 32 heavy (non-hydrogen) atoms. The van der Waals surface area contributed by atoms with Gasteiger partial charge in [0.05, 0.1) is 21.3 Å². The second-order valence-electron chi connectivity index (χ2n) is 7.19. The van der Waals surface area contributed by atoms with Crippen LogP contribution < -0.4 is 19.9 Å². The zero-order valence-electron chi connectivity index (χ0n) is 18.2. The van der Waals surface area contributed by atoms with Gasteiger partial charge in [-0.25, -0.2) is 0 Å². The first-order chi connectivity index (χ1) is 15.5. The molecule has 162 valence electrons. The predicted octanol–water partition coefficient (Wildman–Crippen LogP) is 4.98. The smallest absolute Gasteiger partial charge is 0.203 e. The van der Waals surface area contributed by atoms with Crippen molar-refractivity contribution in [3.63, 3.8) is 0 Å². The number of anilines is 1. The van der Waals surface area contributed by atoms with Gasteiger partial charge in [-0.3, -0.25) is 4.79 Å². The van der Waals surface area contributed by atoms with Crippen LogP contribution in [0.1, 0.15) is 15.9 Å². The molecule has 0 saturated heterocycles. The lowest BCUT2D eigenvalue weighted by atomic mass is 9.97. The van der Waals surface area contributed by atoms with Crippen LogP contribution >= 0.6 is 0 Å². The minimum absolute atomic E-state index is 0.161. The van der Waals surface area contributed by atoms with Crippen LogP contribution in [0.25, 0.3) is 16.8 Å². The molecule has 0 spiro atoms. The van der Waals surface area contributed by atoms with E-state index in [1.807, 2.05) is 71.6 Å². The van der Waals surface area contributed by atoms with Gasteiger partial charge >= 0.3 is 0 Å². The topological polar surface area (TPSA) is 75.7 Å². The Labute approximate surface area is 186 Å². The third-order valence-electron chi connectivity index (χ3n) is 5.27. The highest BCUT2D eigenvalue weighted by molar-refractivity contribution is 6.13. The van der Waals surface area contributed by atoms with E-state index < -0.39 is 0 Å². The van der Waals surface area contributed by atoms with Crippen LogP contribution in [0.5, 0.6) is 17.2 Å². The van der Waals surface area contributed by atoms with Crippen LogP contribution in [0.3, 0.4) is 0 Å². The van der Waals surface area contributed by atoms with Gasteiger partial charge in [0.2, 0.25) is 5.75 Å². The lowest BCUT2D eigenvalue weighted by Gasteiger charge is -2.14. The molecule has 3 aromatic carbocycles. The first-order valence-electron chi connectivity index (χ1n) is 10.0. The minimum Gasteiger partial charge on any atom is -0.493 e. The van der Waals surface area contributed by atoms with Crippen LogP contribution in [0, 0.1) is 0 Å². The average molecular weight is 428 g/mol. The third kappa shape index (κ3) is 3.90. The first-order valence-corrected chi connectivity index (χ1v) is 10.0. The number of ether oxygens (including phenoxy) is 3. The molecule has 0 atom stereocenters. The van der Waals surface area contributed by atoms with Gasteiger partial charge in [0.15, 0.2) is 17.3 Å². The average Bonchev–Trinajstić information content (AvgIpc) is 3.29. The number of carbonyl (C=O) groups excluding carboxylic acids is 1. The minimum atomic E-state index is -0.161. The Balaban J connectivity index is 1.88. The highest BCUT2D eigenvalue weighted by Gasteiger charge is 2.22. The van der Waals surface area contributed by atoms with E-state index in [4.69, 9.17) is 19.9 Å². The van der Waals surface area contributed by atoms with Gasteiger partial charge in [-0.1, -0.05) is 30.3 Å². The number of para-hydroxylation sites is 1. The molecule has 2 N–H and O–H groups in total. The summed E-state index contributed by atoms with van der Waals surface area (Å²) in [5.74, 6) is 1.12. The molecule has 6 nitrogen and oxygen atoms in total. The Morgan fingerprint density at radius 1 is 0.812 bits per heavy atom. The maximum absolute atomic E-state index is 13.7. The number of methoxy groups -OCH3 is 3. The molecule has 1 heterocycles. The molecule has 1 aromatic heterocycles. The molecule has 0 fully saturated rings. The van der Waals surface area contributed by atoms with E-state index in [1.165, 1.54) is 21.3 Å². The van der Waals surface area contributed by atoms with E-state index in [0.717, 1.165) is 16.8 Å². The van der Waals surface area contributed by atoms with Crippen LogP contribution in [-0.2, 0) is 0 Å². The normalized spacial score (nSPS) is 10.6. The fourth-order valence-corrected chi connectivity index (χ4v) is 3.65. The van der Waals surface area contributed by atoms with Crippen molar-refractivity contribution in [3.8, 4) is 34.1 Å². The van der Waals surface area contributed by atoms with Gasteiger partial charge in [-0.05, 0) is 42.0 Å². The van der Waals surface area contributed by atoms with Crippen molar-refractivity contribution in [2.75, 3.05) is 27.1 Å². The predicted molar refractivity (Wildman–Crippen MR) is 125 cm³/mol. The molecule has 0 aliphatic carbocycles. The summed E-state index contributed by atoms with van der Waals surface area (Å²) in [7, 11) is 4.58. The quantitative estimate of drug-likeness (QED) is 0.332. The number of hydrogen-bond acceptors (Lipinski definition) is 5. The van der Waals surface area contributed by atoms with E-state index in [2.05, 4.69) is 0 Å². The monoisotopic (exact) mass is 428 g/mol. The van der Waals surface area contributed by atoms with Gasteiger partial charge in [0, 0.05) is 40.5 Å². The van der Waals surface area contributed by atoms with Gasteiger partial charge in [0.25, 0.3) is 0 Å². The molecule has 0 radical (unpaired) electrons. The number of carbonyl (C=O) groups is 1. The van der Waals surface area contributed by atoms with Crippen molar-refractivity contribution in [2.45, 2.75) is 0 Å². The van der Waals surface area contributed by atoms with Gasteiger partial charge in [-0.15, -0.1) is 0 Å². The van der Waals surface area contributed by atoms with E-state index >= 15 is 0 Å². The molecular formula is C26H24N2O4. The summed E-state index contributed by atoms with van der Waals surface area (Å²) in [6.45, 7) is 0. The van der Waals surface area contributed by atoms with E-state index in [9.17, 15) is 4.79 Å². The van der Waals surface area contributed by atoms with Crippen LogP contribution in [-0.4, -0.2) is 31.7 Å². The Kier molecular flexibility index (Phi) is 5.85. The Hall–Kier alpha value is -4.19. The summed E-state index contributed by atoms with van der Waals surface area (Å²) in [4.78, 5) is 13.7. The van der Waals surface area contributed by atoms with Crippen molar-refractivity contribution in [1.82, 2.24) is 4.57 Å². The van der Waals surface area contributed by atoms with Gasteiger partial charge < -0.3 is 24.5 Å². The number of nitrogens with zero attached hydrogens (tertiary/aromatic N) is 1. The van der Waals surface area contributed by atoms with E-state index in [0.29, 0.717) is 34.1 Å². The number of nitrogen functional groups attached to an aromatic ring is 1. The molecule has 4 rings (SSSR count). The fourth-order valence-electron chi connectivity index (χ4n) is 3.65. The molecule has 0 aliphatic rings. The summed E-state index contributed by atoms with van der Waals surface area (Å²) in [6, 6.07) is 20.6. The summed E-state index contributed by atoms with van der Waals surface area (Å²) < 4.78 is 18.2. The molecular weight excluding hydrogens is 404 g/mol. The molecule has 6 heteroatoms. The van der Waals surface area contributed by atoms with E-state index in [1.54, 1.807) is 12.1 Å². The second kappa shape index (κ2) is 8.89. The number of ketones is 1. The van der Waals surface area contributed by atoms with Crippen LogP contribution in [0.2, 0.25) is 0 Å². The maximum Gasteiger partial charge on any atom is 0.203 e. The maximum atomic E-state index is 13.7. The van der Waals surface area contributed by atoms with Gasteiger partial charge in [0.1, 0.15) is 0 Å². The fraction of sp³-hybridized carbons (Fsp3) is 0.115. The number of hydrogen-bond donors (Lipinski definition) is 1. The molecule has 0 unspecified atom stereocenters. The Bertz CT molecular complexity index is 1220. The van der Waals surface area contributed by atoms with Crippen LogP contribution in [0.15, 0.2) is 79.1 Å². The summed E-state index contributed by atoms with van der Waals surface area (Å²) >= 11 is 0. The molecule has 4 aromatic rings. The van der Waals surface area contributed by atoms with Gasteiger partial charge in [-0.2, -0.15) is 0 Å². The van der Waals surface area contributed by atoms with Crippen molar-refractivity contribution >= 4 is 11.5 Å². The SMILES string of the molecule is COc1cc(C(=O)c2cn(-c3ccccc3)cc2-c2ccc(N)cc2)cc(OC)c1OC. The summed E-state index contributed by atoms with van der Waals surface area (Å²) in [5, 5.41) is 0. The Morgan fingerprint density at radius 3 is 2.00 bits per heavy atom. The standard InChI is InChI=1S/C26H24N2O4/c1-30-23-13-18(14-24(31-2)26(23)32-3)25(29)22-16-28(20-7-5-4-6-8-20)15-21(22)17-9-11-19(27)12-10-17/h4-16H,27H2,1-3H3. The number of nitrogens with two attached hydrogens (primary N) is 1. The van der Waals surface area contributed by atoms with Crippen molar-refractivity contribution in [2.24, 2.45) is 0 Å². The number of aromatic nitrogens is 1. The molecule has 0 aliphatic heterocycles.